The molecule has 5 heteroatoms. The van der Waals surface area contributed by atoms with Crippen LogP contribution in [0.4, 0.5) is 5.69 Å². The third-order valence-electron chi connectivity index (χ3n) is 3.26. The van der Waals surface area contributed by atoms with E-state index in [0.29, 0.717) is 13.0 Å². The Morgan fingerprint density at radius 3 is 2.80 bits per heavy atom. The minimum Gasteiger partial charge on any atom is -0.451 e. The summed E-state index contributed by atoms with van der Waals surface area (Å²) in [6.07, 6.45) is 0.143. The molecule has 0 aromatic heterocycles. The first-order valence-corrected chi connectivity index (χ1v) is 6.76. The van der Waals surface area contributed by atoms with Gasteiger partial charge in [0, 0.05) is 12.3 Å². The maximum absolute atomic E-state index is 12.0. The molecule has 1 aliphatic rings. The Labute approximate surface area is 118 Å². The summed E-state index contributed by atoms with van der Waals surface area (Å²) in [5.74, 6) is -0.805. The average Bonchev–Trinajstić information content (AvgIpc) is 2.95. The first kappa shape index (κ1) is 14.5. The van der Waals surface area contributed by atoms with Crippen LogP contribution in [-0.4, -0.2) is 30.7 Å². The van der Waals surface area contributed by atoms with Crippen molar-refractivity contribution in [3.8, 4) is 0 Å². The minimum absolute atomic E-state index is 0.342. The SMILES string of the molecule is Cc1ccccc1NC(=O)C(C)OC(=O)C1CCCO1. The Bertz CT molecular complexity index is 494. The molecule has 20 heavy (non-hydrogen) atoms. The summed E-state index contributed by atoms with van der Waals surface area (Å²) < 4.78 is 10.4. The number of amides is 1. The third kappa shape index (κ3) is 3.57. The highest BCUT2D eigenvalue weighted by molar-refractivity contribution is 5.95. The van der Waals surface area contributed by atoms with E-state index >= 15 is 0 Å². The smallest absolute Gasteiger partial charge is 0.336 e. The molecule has 0 spiro atoms. The van der Waals surface area contributed by atoms with Gasteiger partial charge in [-0.1, -0.05) is 18.2 Å². The number of esters is 1. The molecule has 0 radical (unpaired) electrons. The molecule has 0 saturated carbocycles. The maximum Gasteiger partial charge on any atom is 0.336 e. The van der Waals surface area contributed by atoms with Crippen molar-refractivity contribution in [2.75, 3.05) is 11.9 Å². The second kappa shape index (κ2) is 6.52. The number of para-hydroxylation sites is 1. The molecule has 2 unspecified atom stereocenters. The van der Waals surface area contributed by atoms with Crippen LogP contribution in [0.5, 0.6) is 0 Å². The quantitative estimate of drug-likeness (QED) is 0.855. The van der Waals surface area contributed by atoms with Gasteiger partial charge in [0.1, 0.15) is 0 Å². The van der Waals surface area contributed by atoms with Crippen molar-refractivity contribution in [3.63, 3.8) is 0 Å². The van der Waals surface area contributed by atoms with Gasteiger partial charge in [-0.05, 0) is 38.3 Å². The van der Waals surface area contributed by atoms with Gasteiger partial charge in [0.25, 0.3) is 5.91 Å². The zero-order valence-corrected chi connectivity index (χ0v) is 11.7. The lowest BCUT2D eigenvalue weighted by Crippen LogP contribution is -2.34. The molecule has 1 aromatic rings. The fraction of sp³-hybridized carbons (Fsp3) is 0.467. The Kier molecular flexibility index (Phi) is 4.74. The number of carbonyl (C=O) groups excluding carboxylic acids is 2. The van der Waals surface area contributed by atoms with E-state index in [1.165, 1.54) is 0 Å². The normalized spacial score (nSPS) is 19.4. The molecule has 0 aliphatic carbocycles. The van der Waals surface area contributed by atoms with Gasteiger partial charge in [-0.2, -0.15) is 0 Å². The Hall–Kier alpha value is -1.88. The van der Waals surface area contributed by atoms with Crippen LogP contribution in [-0.2, 0) is 19.1 Å². The van der Waals surface area contributed by atoms with Crippen molar-refractivity contribution in [3.05, 3.63) is 29.8 Å². The van der Waals surface area contributed by atoms with Crippen molar-refractivity contribution in [1.82, 2.24) is 0 Å². The lowest BCUT2D eigenvalue weighted by Gasteiger charge is -2.16. The number of nitrogens with one attached hydrogen (secondary N) is 1. The fourth-order valence-electron chi connectivity index (χ4n) is 2.01. The topological polar surface area (TPSA) is 64.6 Å². The molecule has 1 fully saturated rings. The van der Waals surface area contributed by atoms with E-state index in [1.54, 1.807) is 6.92 Å². The van der Waals surface area contributed by atoms with Crippen molar-refractivity contribution in [2.45, 2.75) is 38.9 Å². The van der Waals surface area contributed by atoms with Gasteiger partial charge in [0.2, 0.25) is 0 Å². The minimum atomic E-state index is -0.841. The highest BCUT2D eigenvalue weighted by Crippen LogP contribution is 2.16. The lowest BCUT2D eigenvalue weighted by molar-refractivity contribution is -0.162. The number of benzene rings is 1. The van der Waals surface area contributed by atoms with Crippen LogP contribution in [0.2, 0.25) is 0 Å². The highest BCUT2D eigenvalue weighted by Gasteiger charge is 2.28. The van der Waals surface area contributed by atoms with Crippen molar-refractivity contribution in [2.24, 2.45) is 0 Å². The molecule has 2 atom stereocenters. The predicted octanol–water partition coefficient (Wildman–Crippen LogP) is 2.04. The van der Waals surface area contributed by atoms with Crippen LogP contribution in [0.1, 0.15) is 25.3 Å². The van der Waals surface area contributed by atoms with Crippen molar-refractivity contribution >= 4 is 17.6 Å². The first-order chi connectivity index (χ1) is 9.58. The van der Waals surface area contributed by atoms with Gasteiger partial charge in [-0.3, -0.25) is 4.79 Å². The van der Waals surface area contributed by atoms with E-state index in [-0.39, 0.29) is 5.91 Å². The standard InChI is InChI=1S/C15H19NO4/c1-10-6-3-4-7-12(10)16-14(17)11(2)20-15(18)13-8-5-9-19-13/h3-4,6-7,11,13H,5,8-9H2,1-2H3,(H,16,17). The van der Waals surface area contributed by atoms with Crippen molar-refractivity contribution in [1.29, 1.82) is 0 Å². The largest absolute Gasteiger partial charge is 0.451 e. The van der Waals surface area contributed by atoms with E-state index in [4.69, 9.17) is 9.47 Å². The second-order valence-electron chi connectivity index (χ2n) is 4.88. The highest BCUT2D eigenvalue weighted by atomic mass is 16.6. The first-order valence-electron chi connectivity index (χ1n) is 6.76. The summed E-state index contributed by atoms with van der Waals surface area (Å²) >= 11 is 0. The van der Waals surface area contributed by atoms with E-state index in [1.807, 2.05) is 31.2 Å². The van der Waals surface area contributed by atoms with E-state index < -0.39 is 18.2 Å². The van der Waals surface area contributed by atoms with E-state index in [0.717, 1.165) is 17.7 Å². The molecule has 1 heterocycles. The van der Waals surface area contributed by atoms with Gasteiger partial charge in [-0.25, -0.2) is 4.79 Å². The molecule has 1 saturated heterocycles. The molecule has 0 bridgehead atoms. The van der Waals surface area contributed by atoms with Crippen LogP contribution < -0.4 is 5.32 Å². The van der Waals surface area contributed by atoms with Gasteiger partial charge >= 0.3 is 5.97 Å². The molecular formula is C15H19NO4. The van der Waals surface area contributed by atoms with Gasteiger partial charge in [-0.15, -0.1) is 0 Å². The number of hydrogen-bond donors (Lipinski definition) is 1. The molecular weight excluding hydrogens is 258 g/mol. The van der Waals surface area contributed by atoms with Crippen LogP contribution >= 0.6 is 0 Å². The number of hydrogen-bond acceptors (Lipinski definition) is 4. The molecule has 108 valence electrons. The monoisotopic (exact) mass is 277 g/mol. The number of aryl methyl sites for hydroxylation is 1. The average molecular weight is 277 g/mol. The van der Waals surface area contributed by atoms with Gasteiger partial charge < -0.3 is 14.8 Å². The summed E-state index contributed by atoms with van der Waals surface area (Å²) in [4.78, 5) is 23.7. The zero-order chi connectivity index (χ0) is 14.5. The molecule has 2 rings (SSSR count). The molecule has 1 N–H and O–H groups in total. The molecule has 1 aliphatic heterocycles. The maximum atomic E-state index is 12.0. The lowest BCUT2D eigenvalue weighted by atomic mass is 10.2. The number of anilines is 1. The summed E-state index contributed by atoms with van der Waals surface area (Å²) in [7, 11) is 0. The Morgan fingerprint density at radius 1 is 1.40 bits per heavy atom. The van der Waals surface area contributed by atoms with Gasteiger partial charge in [0.15, 0.2) is 12.2 Å². The van der Waals surface area contributed by atoms with Crippen LogP contribution in [0.25, 0.3) is 0 Å². The number of ether oxygens (including phenoxy) is 2. The van der Waals surface area contributed by atoms with Crippen molar-refractivity contribution < 1.29 is 19.1 Å². The molecule has 1 aromatic carbocycles. The summed E-state index contributed by atoms with van der Waals surface area (Å²) in [6, 6.07) is 7.44. The Morgan fingerprint density at radius 2 is 2.15 bits per heavy atom. The van der Waals surface area contributed by atoms with E-state index in [9.17, 15) is 9.59 Å². The predicted molar refractivity (Wildman–Crippen MR) is 74.3 cm³/mol. The molecule has 5 nitrogen and oxygen atoms in total. The summed E-state index contributed by atoms with van der Waals surface area (Å²) in [5.41, 5.74) is 1.68. The second-order valence-corrected chi connectivity index (χ2v) is 4.88. The third-order valence-corrected chi connectivity index (χ3v) is 3.26. The van der Waals surface area contributed by atoms with Crippen LogP contribution in [0, 0.1) is 6.92 Å². The number of carbonyl (C=O) groups is 2. The molecule has 1 amide bonds. The number of rotatable bonds is 4. The van der Waals surface area contributed by atoms with E-state index in [2.05, 4.69) is 5.32 Å². The zero-order valence-electron chi connectivity index (χ0n) is 11.7. The summed E-state index contributed by atoms with van der Waals surface area (Å²) in [5, 5.41) is 2.75. The fourth-order valence-corrected chi connectivity index (χ4v) is 2.01. The summed E-state index contributed by atoms with van der Waals surface area (Å²) in [6.45, 7) is 4.03. The van der Waals surface area contributed by atoms with Gasteiger partial charge in [0.05, 0.1) is 0 Å². The Balaban J connectivity index is 1.88. The van der Waals surface area contributed by atoms with Crippen LogP contribution in [0.3, 0.4) is 0 Å². The van der Waals surface area contributed by atoms with Crippen LogP contribution in [0.15, 0.2) is 24.3 Å².